The molecule has 0 fully saturated rings. The summed E-state index contributed by atoms with van der Waals surface area (Å²) in [5, 5.41) is 15.3. The molecule has 0 aliphatic rings. The Labute approximate surface area is 126 Å². The van der Waals surface area contributed by atoms with Crippen molar-refractivity contribution in [1.29, 1.82) is 0 Å². The standard InChI is InChI=1S/C14H16FN5O2/c1-14(2,11-7-17-20-19-11)18-12(21)8-16-13(22)9-3-5-10(15)6-4-9/h3-7H,8H2,1-2H3,(H,16,22)(H,18,21)(H,17,19,20). The molecular weight excluding hydrogens is 289 g/mol. The van der Waals surface area contributed by atoms with E-state index >= 15 is 0 Å². The quantitative estimate of drug-likeness (QED) is 0.758. The van der Waals surface area contributed by atoms with E-state index in [9.17, 15) is 14.0 Å². The number of carbonyl (C=O) groups excluding carboxylic acids is 2. The van der Waals surface area contributed by atoms with Gasteiger partial charge in [0.25, 0.3) is 5.91 Å². The molecule has 0 radical (unpaired) electrons. The van der Waals surface area contributed by atoms with Crippen LogP contribution in [0.5, 0.6) is 0 Å². The Bertz CT molecular complexity index is 652. The Kier molecular flexibility index (Phi) is 4.50. The number of carbonyl (C=O) groups is 2. The molecule has 0 aliphatic heterocycles. The van der Waals surface area contributed by atoms with Gasteiger partial charge in [0, 0.05) is 5.56 Å². The fourth-order valence-electron chi connectivity index (χ4n) is 1.82. The number of hydrogen-bond acceptors (Lipinski definition) is 4. The first-order valence-electron chi connectivity index (χ1n) is 6.59. The Hall–Kier alpha value is -2.77. The first-order valence-corrected chi connectivity index (χ1v) is 6.59. The molecule has 0 saturated heterocycles. The van der Waals surface area contributed by atoms with Crippen molar-refractivity contribution in [2.75, 3.05) is 6.54 Å². The van der Waals surface area contributed by atoms with Crippen LogP contribution in [-0.2, 0) is 10.3 Å². The number of benzene rings is 1. The number of aromatic nitrogens is 3. The van der Waals surface area contributed by atoms with Crippen LogP contribution in [0.1, 0.15) is 29.9 Å². The van der Waals surface area contributed by atoms with Gasteiger partial charge in [0.05, 0.1) is 18.3 Å². The van der Waals surface area contributed by atoms with Gasteiger partial charge in [0.15, 0.2) is 0 Å². The van der Waals surface area contributed by atoms with Gasteiger partial charge >= 0.3 is 0 Å². The van der Waals surface area contributed by atoms with Crippen LogP contribution < -0.4 is 10.6 Å². The zero-order chi connectivity index (χ0) is 16.2. The molecule has 2 rings (SSSR count). The lowest BCUT2D eigenvalue weighted by molar-refractivity contribution is -0.121. The van der Waals surface area contributed by atoms with Crippen molar-refractivity contribution in [1.82, 2.24) is 26.0 Å². The molecule has 2 amide bonds. The molecule has 1 aromatic heterocycles. The Morgan fingerprint density at radius 1 is 1.27 bits per heavy atom. The number of amides is 2. The van der Waals surface area contributed by atoms with Gasteiger partial charge in [0.2, 0.25) is 5.91 Å². The predicted molar refractivity (Wildman–Crippen MR) is 76.3 cm³/mol. The van der Waals surface area contributed by atoms with Crippen LogP contribution in [0.15, 0.2) is 30.5 Å². The number of aromatic amines is 1. The first kappa shape index (κ1) is 15.6. The predicted octanol–water partition coefficient (Wildman–Crippen LogP) is 0.725. The van der Waals surface area contributed by atoms with Crippen LogP contribution in [0.2, 0.25) is 0 Å². The van der Waals surface area contributed by atoms with Gasteiger partial charge in [-0.3, -0.25) is 9.59 Å². The molecule has 0 atom stereocenters. The molecule has 0 spiro atoms. The van der Waals surface area contributed by atoms with Crippen molar-refractivity contribution in [3.63, 3.8) is 0 Å². The fourth-order valence-corrected chi connectivity index (χ4v) is 1.82. The lowest BCUT2D eigenvalue weighted by Crippen LogP contribution is -2.46. The fraction of sp³-hybridized carbons (Fsp3) is 0.286. The summed E-state index contributed by atoms with van der Waals surface area (Å²) in [6, 6.07) is 5.06. The van der Waals surface area contributed by atoms with E-state index in [-0.39, 0.29) is 18.0 Å². The zero-order valence-corrected chi connectivity index (χ0v) is 12.2. The van der Waals surface area contributed by atoms with Crippen LogP contribution >= 0.6 is 0 Å². The van der Waals surface area contributed by atoms with Crippen molar-refractivity contribution in [3.05, 3.63) is 47.5 Å². The number of hydrogen-bond donors (Lipinski definition) is 3. The molecule has 0 bridgehead atoms. The summed E-state index contributed by atoms with van der Waals surface area (Å²) >= 11 is 0. The normalized spacial score (nSPS) is 11.0. The molecule has 116 valence electrons. The third-order valence-electron chi connectivity index (χ3n) is 3.02. The van der Waals surface area contributed by atoms with Gasteiger partial charge in [-0.2, -0.15) is 15.4 Å². The number of H-pyrrole nitrogens is 1. The van der Waals surface area contributed by atoms with E-state index in [1.807, 2.05) is 0 Å². The van der Waals surface area contributed by atoms with E-state index in [0.717, 1.165) is 0 Å². The van der Waals surface area contributed by atoms with Crippen molar-refractivity contribution >= 4 is 11.8 Å². The Balaban J connectivity index is 1.87. The minimum atomic E-state index is -0.718. The second kappa shape index (κ2) is 6.33. The summed E-state index contributed by atoms with van der Waals surface area (Å²) in [6.45, 7) is 3.34. The van der Waals surface area contributed by atoms with Gasteiger partial charge in [-0.15, -0.1) is 0 Å². The van der Waals surface area contributed by atoms with Gasteiger partial charge < -0.3 is 10.6 Å². The Morgan fingerprint density at radius 2 is 1.95 bits per heavy atom. The number of rotatable bonds is 5. The van der Waals surface area contributed by atoms with Crippen molar-refractivity contribution < 1.29 is 14.0 Å². The monoisotopic (exact) mass is 305 g/mol. The zero-order valence-electron chi connectivity index (χ0n) is 12.2. The summed E-state index contributed by atoms with van der Waals surface area (Å²) < 4.78 is 12.8. The number of nitrogens with zero attached hydrogens (tertiary/aromatic N) is 2. The number of nitrogens with one attached hydrogen (secondary N) is 3. The van der Waals surface area contributed by atoms with E-state index in [0.29, 0.717) is 5.69 Å². The van der Waals surface area contributed by atoms with Crippen molar-refractivity contribution in [3.8, 4) is 0 Å². The lowest BCUT2D eigenvalue weighted by Gasteiger charge is -2.23. The van der Waals surface area contributed by atoms with Gasteiger partial charge in [-0.25, -0.2) is 4.39 Å². The summed E-state index contributed by atoms with van der Waals surface area (Å²) in [5.74, 6) is -1.25. The maximum Gasteiger partial charge on any atom is 0.251 e. The molecular formula is C14H16FN5O2. The van der Waals surface area contributed by atoms with E-state index < -0.39 is 17.3 Å². The molecule has 0 aliphatic carbocycles. The first-order chi connectivity index (χ1) is 10.4. The summed E-state index contributed by atoms with van der Waals surface area (Å²) in [4.78, 5) is 23.7. The molecule has 3 N–H and O–H groups in total. The van der Waals surface area contributed by atoms with E-state index in [4.69, 9.17) is 0 Å². The summed E-state index contributed by atoms with van der Waals surface area (Å²) in [7, 11) is 0. The maximum atomic E-state index is 12.8. The highest BCUT2D eigenvalue weighted by molar-refractivity contribution is 5.96. The average Bonchev–Trinajstić information content (AvgIpc) is 3.00. The van der Waals surface area contributed by atoms with E-state index in [1.165, 1.54) is 30.5 Å². The lowest BCUT2D eigenvalue weighted by atomic mass is 10.0. The third-order valence-corrected chi connectivity index (χ3v) is 3.02. The van der Waals surface area contributed by atoms with Crippen LogP contribution in [0, 0.1) is 5.82 Å². The van der Waals surface area contributed by atoms with E-state index in [1.54, 1.807) is 13.8 Å². The summed E-state index contributed by atoms with van der Waals surface area (Å²) in [5.41, 5.74) is 0.140. The van der Waals surface area contributed by atoms with Crippen LogP contribution in [0.25, 0.3) is 0 Å². The average molecular weight is 305 g/mol. The molecule has 7 nitrogen and oxygen atoms in total. The molecule has 0 saturated carbocycles. The topological polar surface area (TPSA) is 99.8 Å². The molecule has 8 heteroatoms. The molecule has 2 aromatic rings. The Morgan fingerprint density at radius 3 is 2.55 bits per heavy atom. The highest BCUT2D eigenvalue weighted by atomic mass is 19.1. The highest BCUT2D eigenvalue weighted by Gasteiger charge is 2.25. The molecule has 1 aromatic carbocycles. The van der Waals surface area contributed by atoms with Crippen LogP contribution in [0.4, 0.5) is 4.39 Å². The largest absolute Gasteiger partial charge is 0.344 e. The molecule has 1 heterocycles. The molecule has 22 heavy (non-hydrogen) atoms. The van der Waals surface area contributed by atoms with Gasteiger partial charge in [0.1, 0.15) is 11.5 Å². The smallest absolute Gasteiger partial charge is 0.251 e. The van der Waals surface area contributed by atoms with Crippen LogP contribution in [-0.4, -0.2) is 33.8 Å². The van der Waals surface area contributed by atoms with Gasteiger partial charge in [-0.1, -0.05) is 0 Å². The van der Waals surface area contributed by atoms with Gasteiger partial charge in [-0.05, 0) is 38.1 Å². The second-order valence-electron chi connectivity index (χ2n) is 5.22. The SMILES string of the molecule is CC(C)(NC(=O)CNC(=O)c1ccc(F)cc1)c1cn[nH]n1. The van der Waals surface area contributed by atoms with Crippen molar-refractivity contribution in [2.24, 2.45) is 0 Å². The minimum absolute atomic E-state index is 0.197. The second-order valence-corrected chi connectivity index (χ2v) is 5.22. The maximum absolute atomic E-state index is 12.8. The summed E-state index contributed by atoms with van der Waals surface area (Å²) in [6.07, 6.45) is 1.51. The van der Waals surface area contributed by atoms with Crippen molar-refractivity contribution in [2.45, 2.75) is 19.4 Å². The number of halogens is 1. The molecule has 0 unspecified atom stereocenters. The van der Waals surface area contributed by atoms with Crippen LogP contribution in [0.3, 0.4) is 0 Å². The minimum Gasteiger partial charge on any atom is -0.344 e. The highest BCUT2D eigenvalue weighted by Crippen LogP contribution is 2.15. The third kappa shape index (κ3) is 3.87. The van der Waals surface area contributed by atoms with E-state index in [2.05, 4.69) is 26.0 Å².